The van der Waals surface area contributed by atoms with Crippen LogP contribution in [0, 0.1) is 12.8 Å². The lowest BCUT2D eigenvalue weighted by Gasteiger charge is -2.32. The Kier molecular flexibility index (Phi) is 5.34. The van der Waals surface area contributed by atoms with Gasteiger partial charge in [-0.3, -0.25) is 4.90 Å². The highest BCUT2D eigenvalue weighted by atomic mass is 16.5. The number of ether oxygens (including phenoxy) is 1. The van der Waals surface area contributed by atoms with Gasteiger partial charge in [-0.2, -0.15) is 0 Å². The van der Waals surface area contributed by atoms with Crippen molar-refractivity contribution in [2.24, 2.45) is 5.92 Å². The molecule has 0 amide bonds. The molecule has 0 saturated carbocycles. The van der Waals surface area contributed by atoms with Gasteiger partial charge in [-0.1, -0.05) is 12.1 Å². The van der Waals surface area contributed by atoms with Crippen LogP contribution in [0.5, 0.6) is 5.75 Å². The Hall–Kier alpha value is -1.81. The van der Waals surface area contributed by atoms with Gasteiger partial charge < -0.3 is 9.72 Å². The second kappa shape index (κ2) is 7.64. The zero-order valence-electron chi connectivity index (χ0n) is 14.2. The maximum atomic E-state index is 5.31. The van der Waals surface area contributed by atoms with Crippen LogP contribution in [0.2, 0.25) is 0 Å². The fraction of sp³-hybridized carbons (Fsp3) is 0.526. The van der Waals surface area contributed by atoms with Gasteiger partial charge in [0.15, 0.2) is 0 Å². The van der Waals surface area contributed by atoms with E-state index >= 15 is 0 Å². The summed E-state index contributed by atoms with van der Waals surface area (Å²) in [5, 5.41) is 0. The Balaban J connectivity index is 1.50. The molecule has 1 N–H and O–H groups in total. The number of aromatic nitrogens is 2. The molecule has 1 aliphatic rings. The number of rotatable bonds is 6. The summed E-state index contributed by atoms with van der Waals surface area (Å²) in [5.41, 5.74) is 2.61. The third-order valence-electron chi connectivity index (χ3n) is 4.73. The second-order valence-corrected chi connectivity index (χ2v) is 6.63. The number of hydrogen-bond acceptors (Lipinski definition) is 3. The van der Waals surface area contributed by atoms with Crippen LogP contribution >= 0.6 is 0 Å². The number of piperidine rings is 1. The maximum Gasteiger partial charge on any atom is 0.119 e. The molecule has 2 aromatic rings. The third-order valence-corrected chi connectivity index (χ3v) is 4.73. The first-order valence-electron chi connectivity index (χ1n) is 8.58. The van der Waals surface area contributed by atoms with Gasteiger partial charge in [0.1, 0.15) is 11.6 Å². The monoisotopic (exact) mass is 313 g/mol. The first-order valence-corrected chi connectivity index (χ1v) is 8.58. The Morgan fingerprint density at radius 3 is 3.09 bits per heavy atom. The average molecular weight is 313 g/mol. The molecule has 1 aliphatic heterocycles. The Morgan fingerprint density at radius 1 is 1.39 bits per heavy atom. The molecule has 1 fully saturated rings. The van der Waals surface area contributed by atoms with Crippen LogP contribution in [-0.2, 0) is 13.0 Å². The summed E-state index contributed by atoms with van der Waals surface area (Å²) in [6.07, 6.45) is 7.01. The number of methoxy groups -OCH3 is 1. The molecule has 4 nitrogen and oxygen atoms in total. The van der Waals surface area contributed by atoms with E-state index in [1.807, 2.05) is 19.2 Å². The highest BCUT2D eigenvalue weighted by Gasteiger charge is 2.20. The number of nitrogens with one attached hydrogen (secondary N) is 1. The number of imidazole rings is 1. The normalized spacial score (nSPS) is 19.0. The van der Waals surface area contributed by atoms with Crippen molar-refractivity contribution in [3.63, 3.8) is 0 Å². The molecule has 0 aliphatic carbocycles. The van der Waals surface area contributed by atoms with E-state index in [0.29, 0.717) is 0 Å². The topological polar surface area (TPSA) is 41.1 Å². The zero-order chi connectivity index (χ0) is 16.1. The van der Waals surface area contributed by atoms with Crippen molar-refractivity contribution in [1.29, 1.82) is 0 Å². The van der Waals surface area contributed by atoms with E-state index in [2.05, 4.69) is 33.1 Å². The predicted molar refractivity (Wildman–Crippen MR) is 92.6 cm³/mol. The van der Waals surface area contributed by atoms with Crippen molar-refractivity contribution in [1.82, 2.24) is 14.9 Å². The summed E-state index contributed by atoms with van der Waals surface area (Å²) in [4.78, 5) is 10.2. The number of aromatic amines is 1. The van der Waals surface area contributed by atoms with Crippen LogP contribution in [0.3, 0.4) is 0 Å². The predicted octanol–water partition coefficient (Wildman–Crippen LogP) is 3.57. The van der Waals surface area contributed by atoms with Crippen LogP contribution < -0.4 is 4.74 Å². The number of likely N-dealkylation sites (tertiary alicyclic amines) is 1. The van der Waals surface area contributed by atoms with Gasteiger partial charge in [-0.25, -0.2) is 4.98 Å². The second-order valence-electron chi connectivity index (χ2n) is 6.63. The number of H-pyrrole nitrogens is 1. The Labute approximate surface area is 138 Å². The Bertz CT molecular complexity index is 623. The Morgan fingerprint density at radius 2 is 2.30 bits per heavy atom. The molecule has 0 bridgehead atoms. The first-order chi connectivity index (χ1) is 11.2. The molecule has 0 spiro atoms. The van der Waals surface area contributed by atoms with Crippen LogP contribution in [0.25, 0.3) is 0 Å². The third kappa shape index (κ3) is 4.58. The lowest BCUT2D eigenvalue weighted by molar-refractivity contribution is 0.160. The lowest BCUT2D eigenvalue weighted by atomic mass is 9.91. The van der Waals surface area contributed by atoms with Crippen molar-refractivity contribution in [2.45, 2.75) is 39.2 Å². The standard InChI is InChI=1S/C19H27N3O/c1-15-20-12-18(21-15)14-22-10-4-6-17(13-22)9-8-16-5-3-7-19(11-16)23-2/h3,5,7,11-12,17H,4,6,8-10,13-14H2,1-2H3,(H,20,21)/t17-/m1/s1. The number of hydrogen-bond donors (Lipinski definition) is 1. The molecular weight excluding hydrogens is 286 g/mol. The zero-order valence-corrected chi connectivity index (χ0v) is 14.2. The number of aryl methyl sites for hydroxylation is 2. The van der Waals surface area contributed by atoms with E-state index in [4.69, 9.17) is 4.74 Å². The molecule has 4 heteroatoms. The molecule has 0 radical (unpaired) electrons. The largest absolute Gasteiger partial charge is 0.497 e. The lowest BCUT2D eigenvalue weighted by Crippen LogP contribution is -2.35. The molecule has 1 aromatic carbocycles. The van der Waals surface area contributed by atoms with Gasteiger partial charge >= 0.3 is 0 Å². The highest BCUT2D eigenvalue weighted by molar-refractivity contribution is 5.28. The van der Waals surface area contributed by atoms with Crippen molar-refractivity contribution in [3.05, 3.63) is 47.5 Å². The summed E-state index contributed by atoms with van der Waals surface area (Å²) in [6.45, 7) is 5.41. The van der Waals surface area contributed by atoms with E-state index in [9.17, 15) is 0 Å². The molecule has 1 aromatic heterocycles. The minimum atomic E-state index is 0.791. The van der Waals surface area contributed by atoms with Crippen LogP contribution in [-0.4, -0.2) is 35.1 Å². The summed E-state index contributed by atoms with van der Waals surface area (Å²) in [7, 11) is 1.73. The van der Waals surface area contributed by atoms with E-state index in [0.717, 1.165) is 30.5 Å². The minimum absolute atomic E-state index is 0.791. The first kappa shape index (κ1) is 16.1. The quantitative estimate of drug-likeness (QED) is 0.886. The highest BCUT2D eigenvalue weighted by Crippen LogP contribution is 2.23. The van der Waals surface area contributed by atoms with Gasteiger partial charge in [0.2, 0.25) is 0 Å². The summed E-state index contributed by atoms with van der Waals surface area (Å²) >= 11 is 0. The molecule has 1 saturated heterocycles. The molecular formula is C19H27N3O. The van der Waals surface area contributed by atoms with E-state index in [1.54, 1.807) is 7.11 Å². The average Bonchev–Trinajstić information content (AvgIpc) is 2.98. The molecule has 23 heavy (non-hydrogen) atoms. The number of nitrogens with zero attached hydrogens (tertiary/aromatic N) is 2. The maximum absolute atomic E-state index is 5.31. The minimum Gasteiger partial charge on any atom is -0.497 e. The van der Waals surface area contributed by atoms with Gasteiger partial charge in [-0.05, 0) is 62.8 Å². The fourth-order valence-electron chi connectivity index (χ4n) is 3.52. The van der Waals surface area contributed by atoms with Gasteiger partial charge in [-0.15, -0.1) is 0 Å². The fourth-order valence-corrected chi connectivity index (χ4v) is 3.52. The molecule has 1 atom stereocenters. The summed E-state index contributed by atoms with van der Waals surface area (Å²) in [5.74, 6) is 2.76. The molecule has 3 rings (SSSR count). The summed E-state index contributed by atoms with van der Waals surface area (Å²) in [6, 6.07) is 8.46. The van der Waals surface area contributed by atoms with Crippen molar-refractivity contribution in [2.75, 3.05) is 20.2 Å². The van der Waals surface area contributed by atoms with E-state index in [1.165, 1.54) is 43.6 Å². The van der Waals surface area contributed by atoms with Crippen LogP contribution in [0.15, 0.2) is 30.5 Å². The molecule has 124 valence electrons. The smallest absolute Gasteiger partial charge is 0.119 e. The van der Waals surface area contributed by atoms with E-state index < -0.39 is 0 Å². The van der Waals surface area contributed by atoms with Gasteiger partial charge in [0.05, 0.1) is 7.11 Å². The van der Waals surface area contributed by atoms with Gasteiger partial charge in [0, 0.05) is 25.0 Å². The van der Waals surface area contributed by atoms with Crippen molar-refractivity contribution in [3.8, 4) is 5.75 Å². The van der Waals surface area contributed by atoms with E-state index in [-0.39, 0.29) is 0 Å². The van der Waals surface area contributed by atoms with Crippen LogP contribution in [0.4, 0.5) is 0 Å². The number of benzene rings is 1. The van der Waals surface area contributed by atoms with Gasteiger partial charge in [0.25, 0.3) is 0 Å². The van der Waals surface area contributed by atoms with Crippen molar-refractivity contribution < 1.29 is 4.74 Å². The molecule has 0 unspecified atom stereocenters. The van der Waals surface area contributed by atoms with Crippen molar-refractivity contribution >= 4 is 0 Å². The SMILES string of the molecule is COc1cccc(CC[C@H]2CCCN(Cc3cnc(C)[nH]3)C2)c1. The molecule has 2 heterocycles. The van der Waals surface area contributed by atoms with Crippen LogP contribution in [0.1, 0.15) is 36.3 Å². The summed E-state index contributed by atoms with van der Waals surface area (Å²) < 4.78 is 5.31.